The van der Waals surface area contributed by atoms with Gasteiger partial charge in [0.2, 0.25) is 5.91 Å². The van der Waals surface area contributed by atoms with Crippen LogP contribution in [0.3, 0.4) is 0 Å². The van der Waals surface area contributed by atoms with Crippen molar-refractivity contribution < 1.29 is 14.3 Å². The lowest BCUT2D eigenvalue weighted by molar-refractivity contribution is -0.128. The number of nitrogens with zero attached hydrogens (tertiary/aromatic N) is 1. The Balaban J connectivity index is 1.56. The molecule has 0 radical (unpaired) electrons. The first-order chi connectivity index (χ1) is 14.0. The molecule has 1 atom stereocenters. The van der Waals surface area contributed by atoms with Crippen molar-refractivity contribution in [3.63, 3.8) is 0 Å². The van der Waals surface area contributed by atoms with Gasteiger partial charge in [-0.1, -0.05) is 32.0 Å². The first-order valence-corrected chi connectivity index (χ1v) is 10.2. The number of aromatic nitrogens is 1. The summed E-state index contributed by atoms with van der Waals surface area (Å²) in [6.45, 7) is 3.62. The van der Waals surface area contributed by atoms with Gasteiger partial charge in [0.25, 0.3) is 5.91 Å². The molecule has 1 aromatic heterocycles. The van der Waals surface area contributed by atoms with Crippen molar-refractivity contribution in [3.05, 3.63) is 66.2 Å². The fraction of sp³-hybridized carbons (Fsp3) is 0.227. The predicted molar refractivity (Wildman–Crippen MR) is 115 cm³/mol. The minimum absolute atomic E-state index is 0.0785. The van der Waals surface area contributed by atoms with Crippen LogP contribution in [-0.2, 0) is 9.59 Å². The van der Waals surface area contributed by atoms with Crippen LogP contribution in [0, 0.1) is 5.92 Å². The number of rotatable bonds is 8. The quantitative estimate of drug-likeness (QED) is 0.590. The molecule has 3 aromatic rings. The molecule has 0 aliphatic heterocycles. The zero-order valence-electron chi connectivity index (χ0n) is 16.3. The van der Waals surface area contributed by atoms with Gasteiger partial charge in [0.15, 0.2) is 6.61 Å². The van der Waals surface area contributed by atoms with Crippen molar-refractivity contribution in [1.82, 2.24) is 10.3 Å². The molecule has 0 spiro atoms. The number of hydrogen-bond donors (Lipinski definition) is 2. The fourth-order valence-electron chi connectivity index (χ4n) is 2.70. The van der Waals surface area contributed by atoms with Gasteiger partial charge in [0.1, 0.15) is 16.8 Å². The topological polar surface area (TPSA) is 80.3 Å². The Labute approximate surface area is 173 Å². The minimum Gasteiger partial charge on any atom is -0.484 e. The molecule has 0 bridgehead atoms. The molecule has 0 saturated heterocycles. The summed E-state index contributed by atoms with van der Waals surface area (Å²) in [5.41, 5.74) is 1.65. The van der Waals surface area contributed by atoms with Crippen molar-refractivity contribution in [2.24, 2.45) is 5.92 Å². The zero-order valence-corrected chi connectivity index (χ0v) is 17.1. The smallest absolute Gasteiger partial charge is 0.258 e. The maximum Gasteiger partial charge on any atom is 0.258 e. The third-order valence-electron chi connectivity index (χ3n) is 4.21. The molecule has 7 heteroatoms. The average molecular weight is 410 g/mol. The molecule has 0 unspecified atom stereocenters. The molecule has 0 fully saturated rings. The van der Waals surface area contributed by atoms with Gasteiger partial charge in [0.05, 0.1) is 0 Å². The second-order valence-corrected chi connectivity index (χ2v) is 7.69. The monoisotopic (exact) mass is 409 g/mol. The third-order valence-corrected chi connectivity index (χ3v) is 5.03. The lowest BCUT2D eigenvalue weighted by Crippen LogP contribution is -2.48. The van der Waals surface area contributed by atoms with Crippen LogP contribution in [0.2, 0.25) is 0 Å². The van der Waals surface area contributed by atoms with Crippen molar-refractivity contribution in [1.29, 1.82) is 0 Å². The first-order valence-electron chi connectivity index (χ1n) is 9.31. The highest BCUT2D eigenvalue weighted by molar-refractivity contribution is 7.13. The second-order valence-electron chi connectivity index (χ2n) is 6.79. The standard InChI is InChI=1S/C22H23N3O3S/c1-15(2)20(25-19(26)14-28-18-6-4-3-5-7-18)21(27)24-17-10-8-16(9-11-17)22-23-12-13-29-22/h3-13,15,20H,14H2,1-2H3,(H,24,27)(H,25,26)/t20-/m0/s1. The first kappa shape index (κ1) is 20.5. The molecule has 2 aromatic carbocycles. The highest BCUT2D eigenvalue weighted by Gasteiger charge is 2.24. The Bertz CT molecular complexity index is 926. The average Bonchev–Trinajstić information content (AvgIpc) is 3.26. The summed E-state index contributed by atoms with van der Waals surface area (Å²) in [7, 11) is 0. The SMILES string of the molecule is CC(C)[C@H](NC(=O)COc1ccccc1)C(=O)Nc1ccc(-c2nccs2)cc1. The summed E-state index contributed by atoms with van der Waals surface area (Å²) in [6, 6.07) is 15.9. The normalized spacial score (nSPS) is 11.7. The molecule has 6 nitrogen and oxygen atoms in total. The molecular weight excluding hydrogens is 386 g/mol. The van der Waals surface area contributed by atoms with Crippen LogP contribution in [-0.4, -0.2) is 29.4 Å². The van der Waals surface area contributed by atoms with Gasteiger partial charge in [-0.2, -0.15) is 0 Å². The number of benzene rings is 2. The summed E-state index contributed by atoms with van der Waals surface area (Å²) in [4.78, 5) is 29.2. The van der Waals surface area contributed by atoms with Gasteiger partial charge in [0, 0.05) is 22.8 Å². The zero-order chi connectivity index (χ0) is 20.6. The van der Waals surface area contributed by atoms with Gasteiger partial charge < -0.3 is 15.4 Å². The summed E-state index contributed by atoms with van der Waals surface area (Å²) in [6.07, 6.45) is 1.76. The number of ether oxygens (including phenoxy) is 1. The lowest BCUT2D eigenvalue weighted by atomic mass is 10.0. The van der Waals surface area contributed by atoms with E-state index in [2.05, 4.69) is 15.6 Å². The van der Waals surface area contributed by atoms with Crippen LogP contribution in [0.15, 0.2) is 66.2 Å². The van der Waals surface area contributed by atoms with Gasteiger partial charge in [-0.25, -0.2) is 4.98 Å². The summed E-state index contributed by atoms with van der Waals surface area (Å²) >= 11 is 1.56. The fourth-order valence-corrected chi connectivity index (χ4v) is 3.34. The van der Waals surface area contributed by atoms with Gasteiger partial charge in [-0.05, 0) is 42.3 Å². The van der Waals surface area contributed by atoms with Crippen molar-refractivity contribution in [2.75, 3.05) is 11.9 Å². The predicted octanol–water partition coefficient (Wildman–Crippen LogP) is 3.97. The van der Waals surface area contributed by atoms with Crippen molar-refractivity contribution in [2.45, 2.75) is 19.9 Å². The van der Waals surface area contributed by atoms with Crippen LogP contribution in [0.4, 0.5) is 5.69 Å². The molecule has 29 heavy (non-hydrogen) atoms. The number of nitrogens with one attached hydrogen (secondary N) is 2. The Morgan fingerprint density at radius 2 is 1.79 bits per heavy atom. The number of hydrogen-bond acceptors (Lipinski definition) is 5. The van der Waals surface area contributed by atoms with E-state index in [4.69, 9.17) is 4.74 Å². The number of anilines is 1. The van der Waals surface area contributed by atoms with Gasteiger partial charge >= 0.3 is 0 Å². The van der Waals surface area contributed by atoms with E-state index in [1.165, 1.54) is 0 Å². The van der Waals surface area contributed by atoms with Crippen molar-refractivity contribution >= 4 is 28.8 Å². The van der Waals surface area contributed by atoms with E-state index in [1.54, 1.807) is 29.7 Å². The molecule has 1 heterocycles. The number of thiazole rings is 1. The van der Waals surface area contributed by atoms with Gasteiger partial charge in [-0.15, -0.1) is 11.3 Å². The van der Waals surface area contributed by atoms with Gasteiger partial charge in [-0.3, -0.25) is 9.59 Å². The summed E-state index contributed by atoms with van der Waals surface area (Å²) in [5.74, 6) is -0.0873. The van der Waals surface area contributed by atoms with E-state index in [1.807, 2.05) is 61.7 Å². The van der Waals surface area contributed by atoms with E-state index >= 15 is 0 Å². The van der Waals surface area contributed by atoms with Crippen LogP contribution in [0.1, 0.15) is 13.8 Å². The van der Waals surface area contributed by atoms with Crippen molar-refractivity contribution in [3.8, 4) is 16.3 Å². The molecule has 0 aliphatic carbocycles. The highest BCUT2D eigenvalue weighted by atomic mass is 32.1. The molecule has 150 valence electrons. The lowest BCUT2D eigenvalue weighted by Gasteiger charge is -2.22. The number of amides is 2. The Morgan fingerprint density at radius 1 is 1.07 bits per heavy atom. The highest BCUT2D eigenvalue weighted by Crippen LogP contribution is 2.23. The molecular formula is C22H23N3O3S. The van der Waals surface area contributed by atoms with E-state index in [-0.39, 0.29) is 24.3 Å². The summed E-state index contributed by atoms with van der Waals surface area (Å²) in [5, 5.41) is 8.46. The maximum atomic E-state index is 12.7. The maximum absolute atomic E-state index is 12.7. The molecule has 0 saturated carbocycles. The summed E-state index contributed by atoms with van der Waals surface area (Å²) < 4.78 is 5.45. The van der Waals surface area contributed by atoms with Crippen LogP contribution < -0.4 is 15.4 Å². The van der Waals surface area contributed by atoms with E-state index in [9.17, 15) is 9.59 Å². The van der Waals surface area contributed by atoms with E-state index in [0.717, 1.165) is 10.6 Å². The Morgan fingerprint density at radius 3 is 2.41 bits per heavy atom. The molecule has 0 aliphatic rings. The van der Waals surface area contributed by atoms with E-state index < -0.39 is 6.04 Å². The Kier molecular flexibility index (Phi) is 6.97. The molecule has 2 N–H and O–H groups in total. The number of para-hydroxylation sites is 1. The molecule has 3 rings (SSSR count). The largest absolute Gasteiger partial charge is 0.484 e. The molecule has 2 amide bonds. The van der Waals surface area contributed by atoms with Crippen LogP contribution in [0.25, 0.3) is 10.6 Å². The van der Waals surface area contributed by atoms with Crippen LogP contribution in [0.5, 0.6) is 5.75 Å². The number of carbonyl (C=O) groups excluding carboxylic acids is 2. The van der Waals surface area contributed by atoms with E-state index in [0.29, 0.717) is 11.4 Å². The van der Waals surface area contributed by atoms with Crippen LogP contribution >= 0.6 is 11.3 Å². The number of carbonyl (C=O) groups is 2. The second kappa shape index (κ2) is 9.84. The minimum atomic E-state index is -0.666. The Hall–Kier alpha value is -3.19. The third kappa shape index (κ3) is 5.89.